The van der Waals surface area contributed by atoms with Crippen LogP contribution in [0.25, 0.3) is 11.1 Å². The Labute approximate surface area is 199 Å². The lowest BCUT2D eigenvalue weighted by Crippen LogP contribution is -2.50. The Kier molecular flexibility index (Phi) is 5.82. The van der Waals surface area contributed by atoms with Crippen molar-refractivity contribution in [2.45, 2.75) is 12.6 Å². The van der Waals surface area contributed by atoms with Crippen LogP contribution in [0.15, 0.2) is 95.6 Å². The molecule has 0 atom stereocenters. The Morgan fingerprint density at radius 2 is 1.94 bits per heavy atom. The molecular formula is C28H26N4O2. The van der Waals surface area contributed by atoms with E-state index in [-0.39, 0.29) is 12.0 Å². The average Bonchev–Trinajstić information content (AvgIpc) is 3.10. The van der Waals surface area contributed by atoms with Crippen molar-refractivity contribution in [1.82, 2.24) is 10.2 Å². The molecular weight excluding hydrogens is 424 g/mol. The summed E-state index contributed by atoms with van der Waals surface area (Å²) in [5, 5.41) is 3.26. The normalized spacial score (nSPS) is 18.9. The highest BCUT2D eigenvalue weighted by Crippen LogP contribution is 2.35. The lowest BCUT2D eigenvalue weighted by Gasteiger charge is -2.29. The highest BCUT2D eigenvalue weighted by molar-refractivity contribution is 6.21. The molecule has 34 heavy (non-hydrogen) atoms. The Balaban J connectivity index is 1.53. The van der Waals surface area contributed by atoms with Crippen LogP contribution in [0.5, 0.6) is 5.75 Å². The van der Waals surface area contributed by atoms with Crippen LogP contribution in [0.3, 0.4) is 0 Å². The average molecular weight is 451 g/mol. The Hall–Kier alpha value is -4.03. The zero-order valence-electron chi connectivity index (χ0n) is 19.1. The first-order chi connectivity index (χ1) is 16.5. The van der Waals surface area contributed by atoms with E-state index in [0.717, 1.165) is 57.9 Å². The number of dihydropyridines is 1. The van der Waals surface area contributed by atoms with E-state index in [2.05, 4.69) is 35.6 Å². The van der Waals surface area contributed by atoms with Crippen LogP contribution in [0.2, 0.25) is 0 Å². The van der Waals surface area contributed by atoms with E-state index in [9.17, 15) is 4.79 Å². The SMILES string of the molecule is C=C/C=C\N=C1N=C(c2ccc(-c3ccc4c(c3)CN(C)C4=O)c(OC3CNC3)c2)C=CC1=C. The molecule has 0 radical (unpaired) electrons. The van der Waals surface area contributed by atoms with Gasteiger partial charge in [0, 0.05) is 55.1 Å². The predicted molar refractivity (Wildman–Crippen MR) is 137 cm³/mol. The second-order valence-electron chi connectivity index (χ2n) is 8.53. The second-order valence-corrected chi connectivity index (χ2v) is 8.53. The van der Waals surface area contributed by atoms with Crippen LogP contribution in [0.4, 0.5) is 0 Å². The van der Waals surface area contributed by atoms with Crippen molar-refractivity contribution >= 4 is 17.5 Å². The zero-order chi connectivity index (χ0) is 23.7. The minimum atomic E-state index is 0.0676. The van der Waals surface area contributed by atoms with Gasteiger partial charge in [-0.2, -0.15) is 0 Å². The second kappa shape index (κ2) is 9.08. The summed E-state index contributed by atoms with van der Waals surface area (Å²) >= 11 is 0. The number of benzene rings is 2. The molecule has 0 aliphatic carbocycles. The first kappa shape index (κ1) is 21.8. The van der Waals surface area contributed by atoms with Gasteiger partial charge in [0.2, 0.25) is 0 Å². The molecule has 1 amide bonds. The smallest absolute Gasteiger partial charge is 0.254 e. The third kappa shape index (κ3) is 4.16. The number of hydrogen-bond acceptors (Lipinski definition) is 4. The largest absolute Gasteiger partial charge is 0.487 e. The van der Waals surface area contributed by atoms with Crippen LogP contribution in [0.1, 0.15) is 21.5 Å². The van der Waals surface area contributed by atoms with Gasteiger partial charge < -0.3 is 15.0 Å². The maximum Gasteiger partial charge on any atom is 0.254 e. The van der Waals surface area contributed by atoms with Crippen molar-refractivity contribution in [3.8, 4) is 16.9 Å². The summed E-state index contributed by atoms with van der Waals surface area (Å²) < 4.78 is 6.37. The number of aliphatic imine (C=N–C) groups is 2. The quantitative estimate of drug-likeness (QED) is 0.668. The maximum atomic E-state index is 12.3. The van der Waals surface area contributed by atoms with E-state index in [4.69, 9.17) is 9.73 Å². The third-order valence-corrected chi connectivity index (χ3v) is 6.09. The molecule has 1 N–H and O–H groups in total. The van der Waals surface area contributed by atoms with E-state index in [1.807, 2.05) is 43.5 Å². The summed E-state index contributed by atoms with van der Waals surface area (Å²) in [5.41, 5.74) is 6.32. The molecule has 2 aromatic rings. The van der Waals surface area contributed by atoms with E-state index >= 15 is 0 Å². The van der Waals surface area contributed by atoms with Gasteiger partial charge in [-0.15, -0.1) is 0 Å². The molecule has 1 fully saturated rings. The molecule has 5 rings (SSSR count). The third-order valence-electron chi connectivity index (χ3n) is 6.09. The summed E-state index contributed by atoms with van der Waals surface area (Å²) in [5.74, 6) is 1.43. The minimum Gasteiger partial charge on any atom is -0.487 e. The van der Waals surface area contributed by atoms with Gasteiger partial charge >= 0.3 is 0 Å². The van der Waals surface area contributed by atoms with E-state index in [1.54, 1.807) is 23.3 Å². The lowest BCUT2D eigenvalue weighted by atomic mass is 9.96. The summed E-state index contributed by atoms with van der Waals surface area (Å²) in [6.07, 6.45) is 9.07. The number of carbonyl (C=O) groups excluding carboxylic acids is 1. The van der Waals surface area contributed by atoms with Crippen LogP contribution in [-0.4, -0.2) is 48.6 Å². The molecule has 170 valence electrons. The summed E-state index contributed by atoms with van der Waals surface area (Å²) in [7, 11) is 1.83. The van der Waals surface area contributed by atoms with Gasteiger partial charge in [-0.05, 0) is 53.6 Å². The lowest BCUT2D eigenvalue weighted by molar-refractivity contribution is 0.0816. The van der Waals surface area contributed by atoms with Gasteiger partial charge in [-0.1, -0.05) is 31.4 Å². The summed E-state index contributed by atoms with van der Waals surface area (Å²) in [6, 6.07) is 12.1. The number of hydrogen-bond donors (Lipinski definition) is 1. The molecule has 2 aromatic carbocycles. The molecule has 0 aromatic heterocycles. The van der Waals surface area contributed by atoms with Gasteiger partial charge in [0.25, 0.3) is 5.91 Å². The number of allylic oxidation sites excluding steroid dienone is 3. The van der Waals surface area contributed by atoms with E-state index in [1.165, 1.54) is 0 Å². The Bertz CT molecular complexity index is 1310. The molecule has 0 saturated carbocycles. The number of amidine groups is 1. The summed E-state index contributed by atoms with van der Waals surface area (Å²) in [4.78, 5) is 23.1. The van der Waals surface area contributed by atoms with Gasteiger partial charge in [0.1, 0.15) is 11.9 Å². The molecule has 3 aliphatic rings. The van der Waals surface area contributed by atoms with Crippen LogP contribution in [-0.2, 0) is 6.54 Å². The first-order valence-electron chi connectivity index (χ1n) is 11.3. The van der Waals surface area contributed by atoms with E-state index in [0.29, 0.717) is 12.4 Å². The van der Waals surface area contributed by atoms with Crippen molar-refractivity contribution in [3.05, 3.63) is 102 Å². The number of carbonyl (C=O) groups is 1. The van der Waals surface area contributed by atoms with Crippen molar-refractivity contribution < 1.29 is 9.53 Å². The fraction of sp³-hybridized carbons (Fsp3) is 0.179. The van der Waals surface area contributed by atoms with E-state index < -0.39 is 0 Å². The fourth-order valence-corrected chi connectivity index (χ4v) is 4.10. The fourth-order valence-electron chi connectivity index (χ4n) is 4.10. The number of ether oxygens (including phenoxy) is 1. The number of nitrogens with one attached hydrogen (secondary N) is 1. The molecule has 6 nitrogen and oxygen atoms in total. The molecule has 1 saturated heterocycles. The summed E-state index contributed by atoms with van der Waals surface area (Å²) in [6.45, 7) is 9.95. The van der Waals surface area contributed by atoms with Gasteiger partial charge in [-0.3, -0.25) is 4.79 Å². The highest BCUT2D eigenvalue weighted by Gasteiger charge is 2.26. The molecule has 3 aliphatic heterocycles. The number of nitrogens with zero attached hydrogens (tertiary/aromatic N) is 3. The van der Waals surface area contributed by atoms with Crippen LogP contribution >= 0.6 is 0 Å². The molecule has 0 unspecified atom stereocenters. The zero-order valence-corrected chi connectivity index (χ0v) is 19.1. The van der Waals surface area contributed by atoms with Gasteiger partial charge in [0.05, 0.1) is 5.71 Å². The monoisotopic (exact) mass is 450 g/mol. The Morgan fingerprint density at radius 3 is 2.71 bits per heavy atom. The standard InChI is InChI=1S/C28H26N4O2/c1-4-5-12-30-27-18(2)6-11-25(31-27)20-8-9-23(26(14-20)34-22-15-29-16-22)19-7-10-24-21(13-19)17-32(3)28(24)33/h4-14,22,29H,1-2,15-17H2,3H3/b12-5-,30-27?. The topological polar surface area (TPSA) is 66.3 Å². The molecule has 6 heteroatoms. The van der Waals surface area contributed by atoms with Crippen LogP contribution in [0, 0.1) is 0 Å². The number of rotatable bonds is 6. The Morgan fingerprint density at radius 1 is 1.15 bits per heavy atom. The van der Waals surface area contributed by atoms with Crippen molar-refractivity contribution in [1.29, 1.82) is 0 Å². The maximum absolute atomic E-state index is 12.3. The van der Waals surface area contributed by atoms with Crippen LogP contribution < -0.4 is 10.1 Å². The molecule has 0 bridgehead atoms. The van der Waals surface area contributed by atoms with Crippen molar-refractivity contribution in [3.63, 3.8) is 0 Å². The molecule has 3 heterocycles. The first-order valence-corrected chi connectivity index (χ1v) is 11.3. The number of fused-ring (bicyclic) bond motifs is 1. The highest BCUT2D eigenvalue weighted by atomic mass is 16.5. The predicted octanol–water partition coefficient (Wildman–Crippen LogP) is 4.30. The molecule has 0 spiro atoms. The van der Waals surface area contributed by atoms with Gasteiger partial charge in [-0.25, -0.2) is 9.98 Å². The van der Waals surface area contributed by atoms with Crippen molar-refractivity contribution in [2.75, 3.05) is 20.1 Å². The number of amides is 1. The van der Waals surface area contributed by atoms with Gasteiger partial charge in [0.15, 0.2) is 5.84 Å². The van der Waals surface area contributed by atoms with Crippen molar-refractivity contribution in [2.24, 2.45) is 9.98 Å². The minimum absolute atomic E-state index is 0.0676.